The molecule has 19 heavy (non-hydrogen) atoms. The van der Waals surface area contributed by atoms with E-state index in [1.54, 1.807) is 33.1 Å². The maximum atomic E-state index is 12.4. The highest BCUT2D eigenvalue weighted by Crippen LogP contribution is 2.26. The van der Waals surface area contributed by atoms with E-state index in [0.717, 1.165) is 12.8 Å². The molecule has 0 saturated carbocycles. The predicted octanol–water partition coefficient (Wildman–Crippen LogP) is 2.78. The van der Waals surface area contributed by atoms with Crippen molar-refractivity contribution < 1.29 is 13.2 Å². The van der Waals surface area contributed by atoms with Gasteiger partial charge < -0.3 is 4.74 Å². The van der Waals surface area contributed by atoms with Crippen LogP contribution in [-0.4, -0.2) is 21.6 Å². The van der Waals surface area contributed by atoms with Crippen LogP contribution in [0.1, 0.15) is 37.8 Å². The molecule has 0 aliphatic heterocycles. The first-order valence-corrected chi connectivity index (χ1v) is 8.01. The summed E-state index contributed by atoms with van der Waals surface area (Å²) in [5.74, 6) is 0.677. The number of methoxy groups -OCH3 is 1. The number of hydrogen-bond acceptors (Lipinski definition) is 3. The lowest BCUT2D eigenvalue weighted by Crippen LogP contribution is -2.34. The molecule has 0 amide bonds. The Bertz CT molecular complexity index is 511. The zero-order valence-electron chi connectivity index (χ0n) is 12.3. The Hall–Kier alpha value is -1.07. The Morgan fingerprint density at radius 2 is 1.63 bits per heavy atom. The van der Waals surface area contributed by atoms with Crippen molar-refractivity contribution in [3.05, 3.63) is 23.3 Å². The van der Waals surface area contributed by atoms with E-state index in [1.165, 1.54) is 0 Å². The fourth-order valence-corrected chi connectivity index (χ4v) is 4.04. The third kappa shape index (κ3) is 3.70. The van der Waals surface area contributed by atoms with E-state index in [4.69, 9.17) is 4.74 Å². The van der Waals surface area contributed by atoms with Gasteiger partial charge in [0.15, 0.2) is 0 Å². The molecule has 5 heteroatoms. The summed E-state index contributed by atoms with van der Waals surface area (Å²) in [5.41, 5.74) is 1.41. The van der Waals surface area contributed by atoms with Crippen LogP contribution in [0.5, 0.6) is 5.75 Å². The predicted molar refractivity (Wildman–Crippen MR) is 77.2 cm³/mol. The van der Waals surface area contributed by atoms with Crippen molar-refractivity contribution in [1.82, 2.24) is 4.72 Å². The van der Waals surface area contributed by atoms with Crippen LogP contribution in [0.2, 0.25) is 0 Å². The Morgan fingerprint density at radius 1 is 1.16 bits per heavy atom. The summed E-state index contributed by atoms with van der Waals surface area (Å²) in [6, 6.07) is 3.47. The largest absolute Gasteiger partial charge is 0.497 e. The molecule has 1 aromatic carbocycles. The van der Waals surface area contributed by atoms with Crippen molar-refractivity contribution in [2.24, 2.45) is 0 Å². The molecule has 0 unspecified atom stereocenters. The molecule has 4 nitrogen and oxygen atoms in total. The van der Waals surface area contributed by atoms with Crippen LogP contribution in [0.15, 0.2) is 17.0 Å². The average molecular weight is 285 g/mol. The molecule has 0 aromatic heterocycles. The Kier molecular flexibility index (Phi) is 5.38. The molecule has 0 radical (unpaired) electrons. The van der Waals surface area contributed by atoms with Crippen molar-refractivity contribution in [2.75, 3.05) is 7.11 Å². The summed E-state index contributed by atoms with van der Waals surface area (Å²) in [5, 5.41) is 0. The van der Waals surface area contributed by atoms with Crippen LogP contribution in [0.25, 0.3) is 0 Å². The number of aryl methyl sites for hydroxylation is 2. The Balaban J connectivity index is 3.22. The second-order valence-corrected chi connectivity index (χ2v) is 6.38. The molecule has 0 spiro atoms. The van der Waals surface area contributed by atoms with Gasteiger partial charge in [0.05, 0.1) is 12.0 Å². The van der Waals surface area contributed by atoms with Gasteiger partial charge in [-0.3, -0.25) is 0 Å². The molecule has 1 aromatic rings. The quantitative estimate of drug-likeness (QED) is 0.874. The van der Waals surface area contributed by atoms with Crippen LogP contribution in [0, 0.1) is 13.8 Å². The molecule has 108 valence electrons. The average Bonchev–Trinajstić information content (AvgIpc) is 2.34. The van der Waals surface area contributed by atoms with Crippen molar-refractivity contribution >= 4 is 10.0 Å². The van der Waals surface area contributed by atoms with Gasteiger partial charge in [-0.2, -0.15) is 0 Å². The minimum atomic E-state index is -3.48. The normalized spacial score (nSPS) is 11.9. The van der Waals surface area contributed by atoms with E-state index >= 15 is 0 Å². The Morgan fingerprint density at radius 3 is 2.00 bits per heavy atom. The smallest absolute Gasteiger partial charge is 0.241 e. The zero-order chi connectivity index (χ0) is 14.6. The number of ether oxygens (including phenoxy) is 1. The summed E-state index contributed by atoms with van der Waals surface area (Å²) in [4.78, 5) is 0.361. The summed E-state index contributed by atoms with van der Waals surface area (Å²) in [6.45, 7) is 7.53. The van der Waals surface area contributed by atoms with E-state index in [-0.39, 0.29) is 6.04 Å². The molecular formula is C14H23NO3S. The first kappa shape index (κ1) is 16.0. The van der Waals surface area contributed by atoms with Gasteiger partial charge in [0.1, 0.15) is 5.75 Å². The standard InChI is InChI=1S/C14H23NO3S/c1-6-12(7-2)15-19(16,17)14-10(3)8-13(18-5)9-11(14)4/h8-9,12,15H,6-7H2,1-5H3. The van der Waals surface area contributed by atoms with E-state index in [9.17, 15) is 8.42 Å². The van der Waals surface area contributed by atoms with Crippen molar-refractivity contribution in [3.63, 3.8) is 0 Å². The summed E-state index contributed by atoms with van der Waals surface area (Å²) < 4.78 is 32.8. The number of nitrogens with one attached hydrogen (secondary N) is 1. The van der Waals surface area contributed by atoms with Crippen LogP contribution >= 0.6 is 0 Å². The minimum Gasteiger partial charge on any atom is -0.497 e. The highest BCUT2D eigenvalue weighted by atomic mass is 32.2. The van der Waals surface area contributed by atoms with Gasteiger partial charge in [0, 0.05) is 6.04 Å². The van der Waals surface area contributed by atoms with Gasteiger partial charge in [0.25, 0.3) is 0 Å². The fourth-order valence-electron chi connectivity index (χ4n) is 2.19. The van der Waals surface area contributed by atoms with Crippen LogP contribution in [-0.2, 0) is 10.0 Å². The molecule has 0 aliphatic carbocycles. The number of sulfonamides is 1. The van der Waals surface area contributed by atoms with Crippen LogP contribution < -0.4 is 9.46 Å². The van der Waals surface area contributed by atoms with Crippen molar-refractivity contribution in [2.45, 2.75) is 51.5 Å². The zero-order valence-corrected chi connectivity index (χ0v) is 13.1. The molecule has 0 aliphatic rings. The van der Waals surface area contributed by atoms with Gasteiger partial charge >= 0.3 is 0 Å². The summed E-state index contributed by atoms with van der Waals surface area (Å²) in [7, 11) is -1.90. The first-order valence-electron chi connectivity index (χ1n) is 6.53. The Labute approximate surface area is 116 Å². The van der Waals surface area contributed by atoms with E-state index < -0.39 is 10.0 Å². The third-order valence-electron chi connectivity index (χ3n) is 3.25. The summed E-state index contributed by atoms with van der Waals surface area (Å²) in [6.07, 6.45) is 1.56. The maximum Gasteiger partial charge on any atom is 0.241 e. The maximum absolute atomic E-state index is 12.4. The van der Waals surface area contributed by atoms with E-state index in [1.807, 2.05) is 13.8 Å². The van der Waals surface area contributed by atoms with Crippen molar-refractivity contribution in [3.8, 4) is 5.75 Å². The number of benzene rings is 1. The lowest BCUT2D eigenvalue weighted by molar-refractivity contribution is 0.413. The van der Waals surface area contributed by atoms with Gasteiger partial charge in [-0.25, -0.2) is 13.1 Å². The van der Waals surface area contributed by atoms with E-state index in [2.05, 4.69) is 4.72 Å². The molecule has 0 bridgehead atoms. The SMILES string of the molecule is CCC(CC)NS(=O)(=O)c1c(C)cc(OC)cc1C. The minimum absolute atomic E-state index is 0.0223. The lowest BCUT2D eigenvalue weighted by Gasteiger charge is -2.18. The van der Waals surface area contributed by atoms with Crippen LogP contribution in [0.3, 0.4) is 0 Å². The van der Waals surface area contributed by atoms with Gasteiger partial charge in [0.2, 0.25) is 10.0 Å². The topological polar surface area (TPSA) is 55.4 Å². The molecule has 0 saturated heterocycles. The van der Waals surface area contributed by atoms with E-state index in [0.29, 0.717) is 21.8 Å². The lowest BCUT2D eigenvalue weighted by atomic mass is 10.1. The second kappa shape index (κ2) is 6.39. The summed E-state index contributed by atoms with van der Waals surface area (Å²) >= 11 is 0. The van der Waals surface area contributed by atoms with Gasteiger partial charge in [-0.05, 0) is 49.9 Å². The molecule has 0 heterocycles. The fraction of sp³-hybridized carbons (Fsp3) is 0.571. The molecular weight excluding hydrogens is 262 g/mol. The highest BCUT2D eigenvalue weighted by Gasteiger charge is 2.22. The van der Waals surface area contributed by atoms with Crippen molar-refractivity contribution in [1.29, 1.82) is 0 Å². The number of rotatable bonds is 6. The molecule has 1 N–H and O–H groups in total. The number of hydrogen-bond donors (Lipinski definition) is 1. The van der Waals surface area contributed by atoms with Gasteiger partial charge in [-0.15, -0.1) is 0 Å². The molecule has 1 rings (SSSR count). The highest BCUT2D eigenvalue weighted by molar-refractivity contribution is 7.89. The van der Waals surface area contributed by atoms with Gasteiger partial charge in [-0.1, -0.05) is 13.8 Å². The second-order valence-electron chi connectivity index (χ2n) is 4.73. The third-order valence-corrected chi connectivity index (χ3v) is 5.07. The van der Waals surface area contributed by atoms with Crippen LogP contribution in [0.4, 0.5) is 0 Å². The molecule has 0 fully saturated rings. The first-order chi connectivity index (χ1) is 8.85. The monoisotopic (exact) mass is 285 g/mol. The molecule has 0 atom stereocenters.